The number of fused-ring (bicyclic) bond motifs is 1. The van der Waals surface area contributed by atoms with Crippen molar-refractivity contribution >= 4 is 5.97 Å². The van der Waals surface area contributed by atoms with E-state index in [-0.39, 0.29) is 6.61 Å². The van der Waals surface area contributed by atoms with Gasteiger partial charge in [-0.05, 0) is 31.1 Å². The first kappa shape index (κ1) is 9.00. The summed E-state index contributed by atoms with van der Waals surface area (Å²) in [5.41, 5.74) is -0.560. The molecule has 2 rings (SSSR count). The van der Waals surface area contributed by atoms with Crippen molar-refractivity contribution in [3.05, 3.63) is 0 Å². The van der Waals surface area contributed by atoms with Crippen LogP contribution in [0, 0.1) is 17.3 Å². The van der Waals surface area contributed by atoms with E-state index in [9.17, 15) is 4.79 Å². The number of carbonyl (C=O) groups is 1. The minimum absolute atomic E-state index is 0.00944. The Morgan fingerprint density at radius 1 is 1.46 bits per heavy atom. The molecule has 2 saturated carbocycles. The van der Waals surface area contributed by atoms with Gasteiger partial charge in [0, 0.05) is 6.61 Å². The first-order valence-electron chi connectivity index (χ1n) is 5.05. The molecule has 3 unspecified atom stereocenters. The smallest absolute Gasteiger partial charge is 0.310 e. The Balaban J connectivity index is 2.12. The summed E-state index contributed by atoms with van der Waals surface area (Å²) in [4.78, 5) is 11.1. The summed E-state index contributed by atoms with van der Waals surface area (Å²) >= 11 is 0. The number of aliphatic hydroxyl groups excluding tert-OH is 1. The zero-order chi connectivity index (χ0) is 9.47. The van der Waals surface area contributed by atoms with Crippen LogP contribution in [0.4, 0.5) is 0 Å². The molecule has 0 aromatic heterocycles. The van der Waals surface area contributed by atoms with Crippen LogP contribution in [0.5, 0.6) is 0 Å². The van der Waals surface area contributed by atoms with E-state index < -0.39 is 11.4 Å². The van der Waals surface area contributed by atoms with Crippen LogP contribution >= 0.6 is 0 Å². The first-order chi connectivity index (χ1) is 6.20. The van der Waals surface area contributed by atoms with Crippen molar-refractivity contribution in [3.63, 3.8) is 0 Å². The Morgan fingerprint density at radius 3 is 2.77 bits per heavy atom. The van der Waals surface area contributed by atoms with E-state index in [2.05, 4.69) is 0 Å². The molecule has 0 amide bonds. The molecule has 3 atom stereocenters. The summed E-state index contributed by atoms with van der Waals surface area (Å²) in [5, 5.41) is 18.0. The third-order valence-corrected chi connectivity index (χ3v) is 3.98. The van der Waals surface area contributed by atoms with E-state index in [1.165, 1.54) is 12.8 Å². The Bertz CT molecular complexity index is 226. The maximum atomic E-state index is 11.1. The highest BCUT2D eigenvalue weighted by Crippen LogP contribution is 2.60. The Kier molecular flexibility index (Phi) is 2.06. The lowest BCUT2D eigenvalue weighted by Crippen LogP contribution is -2.51. The van der Waals surface area contributed by atoms with Crippen LogP contribution in [-0.4, -0.2) is 22.8 Å². The highest BCUT2D eigenvalue weighted by Gasteiger charge is 2.59. The Morgan fingerprint density at radius 2 is 2.23 bits per heavy atom. The fourth-order valence-corrected chi connectivity index (χ4v) is 3.31. The van der Waals surface area contributed by atoms with Crippen LogP contribution in [0.2, 0.25) is 0 Å². The molecule has 0 aromatic carbocycles. The van der Waals surface area contributed by atoms with E-state index in [0.29, 0.717) is 18.3 Å². The molecule has 0 spiro atoms. The van der Waals surface area contributed by atoms with Gasteiger partial charge in [0.2, 0.25) is 0 Å². The van der Waals surface area contributed by atoms with Gasteiger partial charge in [-0.15, -0.1) is 0 Å². The number of rotatable bonds is 3. The van der Waals surface area contributed by atoms with Gasteiger partial charge in [-0.1, -0.05) is 12.8 Å². The Labute approximate surface area is 77.8 Å². The van der Waals surface area contributed by atoms with E-state index in [4.69, 9.17) is 10.2 Å². The molecule has 2 fully saturated rings. The summed E-state index contributed by atoms with van der Waals surface area (Å²) in [6, 6.07) is 0. The second kappa shape index (κ2) is 2.98. The second-order valence-corrected chi connectivity index (χ2v) is 4.44. The number of aliphatic carboxylic acids is 1. The van der Waals surface area contributed by atoms with Crippen molar-refractivity contribution in [2.45, 2.75) is 32.1 Å². The average Bonchev–Trinajstić information content (AvgIpc) is 2.42. The third kappa shape index (κ3) is 1.10. The van der Waals surface area contributed by atoms with Gasteiger partial charge >= 0.3 is 5.97 Å². The second-order valence-electron chi connectivity index (χ2n) is 4.44. The lowest BCUT2D eigenvalue weighted by atomic mass is 9.53. The molecular weight excluding hydrogens is 168 g/mol. The first-order valence-corrected chi connectivity index (χ1v) is 5.05. The molecule has 0 saturated heterocycles. The molecule has 74 valence electrons. The lowest BCUT2D eigenvalue weighted by molar-refractivity contribution is -0.168. The SMILES string of the molecule is O=C(O)C1(CCO)CC2CCCC21. The fourth-order valence-electron chi connectivity index (χ4n) is 3.31. The molecule has 3 nitrogen and oxygen atoms in total. The van der Waals surface area contributed by atoms with Crippen molar-refractivity contribution in [1.82, 2.24) is 0 Å². The fraction of sp³-hybridized carbons (Fsp3) is 0.900. The average molecular weight is 184 g/mol. The molecule has 0 bridgehead atoms. The zero-order valence-electron chi connectivity index (χ0n) is 7.70. The summed E-state index contributed by atoms with van der Waals surface area (Å²) < 4.78 is 0. The topological polar surface area (TPSA) is 57.5 Å². The van der Waals surface area contributed by atoms with Crippen LogP contribution < -0.4 is 0 Å². The maximum Gasteiger partial charge on any atom is 0.310 e. The van der Waals surface area contributed by atoms with Crippen molar-refractivity contribution in [1.29, 1.82) is 0 Å². The van der Waals surface area contributed by atoms with Gasteiger partial charge in [-0.3, -0.25) is 4.79 Å². The molecule has 0 aromatic rings. The normalized spacial score (nSPS) is 42.5. The summed E-state index contributed by atoms with van der Waals surface area (Å²) in [5.74, 6) is 0.310. The van der Waals surface area contributed by atoms with Crippen LogP contribution in [0.25, 0.3) is 0 Å². The van der Waals surface area contributed by atoms with Crippen LogP contribution in [-0.2, 0) is 4.79 Å². The minimum atomic E-state index is -0.690. The van der Waals surface area contributed by atoms with Crippen molar-refractivity contribution in [3.8, 4) is 0 Å². The predicted octanol–water partition coefficient (Wildman–Crippen LogP) is 1.26. The van der Waals surface area contributed by atoms with E-state index in [1.807, 2.05) is 0 Å². The van der Waals surface area contributed by atoms with Crippen molar-refractivity contribution in [2.24, 2.45) is 17.3 Å². The van der Waals surface area contributed by atoms with Gasteiger partial charge in [0.25, 0.3) is 0 Å². The number of carboxylic acids is 1. The molecule has 2 aliphatic carbocycles. The highest BCUT2D eigenvalue weighted by molar-refractivity contribution is 5.76. The Hall–Kier alpha value is -0.570. The molecular formula is C10H16O3. The summed E-state index contributed by atoms with van der Waals surface area (Å²) in [7, 11) is 0. The molecule has 3 heteroatoms. The number of carboxylic acid groups (broad SMARTS) is 1. The highest BCUT2D eigenvalue weighted by atomic mass is 16.4. The molecule has 13 heavy (non-hydrogen) atoms. The van der Waals surface area contributed by atoms with Gasteiger partial charge in [-0.25, -0.2) is 0 Å². The third-order valence-electron chi connectivity index (χ3n) is 3.98. The quantitative estimate of drug-likeness (QED) is 0.694. The van der Waals surface area contributed by atoms with Crippen LogP contribution in [0.1, 0.15) is 32.1 Å². The minimum Gasteiger partial charge on any atom is -0.481 e. The van der Waals surface area contributed by atoms with E-state index in [1.54, 1.807) is 0 Å². The molecule has 0 heterocycles. The number of hydrogen-bond acceptors (Lipinski definition) is 2. The molecule has 0 aliphatic heterocycles. The summed E-state index contributed by atoms with van der Waals surface area (Å²) in [6.45, 7) is 0.00944. The van der Waals surface area contributed by atoms with E-state index >= 15 is 0 Å². The van der Waals surface area contributed by atoms with Gasteiger partial charge in [-0.2, -0.15) is 0 Å². The van der Waals surface area contributed by atoms with Gasteiger partial charge in [0.1, 0.15) is 0 Å². The van der Waals surface area contributed by atoms with Crippen molar-refractivity contribution in [2.75, 3.05) is 6.61 Å². The van der Waals surface area contributed by atoms with E-state index in [0.717, 1.165) is 12.8 Å². The van der Waals surface area contributed by atoms with Crippen LogP contribution in [0.15, 0.2) is 0 Å². The lowest BCUT2D eigenvalue weighted by Gasteiger charge is -2.49. The van der Waals surface area contributed by atoms with Crippen molar-refractivity contribution < 1.29 is 15.0 Å². The standard InChI is InChI=1S/C10H16O3/c11-5-4-10(9(12)13)6-7-2-1-3-8(7)10/h7-8,11H,1-6H2,(H,12,13). The van der Waals surface area contributed by atoms with Gasteiger partial charge in [0.15, 0.2) is 0 Å². The maximum absolute atomic E-state index is 11.1. The largest absolute Gasteiger partial charge is 0.481 e. The molecule has 0 radical (unpaired) electrons. The van der Waals surface area contributed by atoms with Crippen LogP contribution in [0.3, 0.4) is 0 Å². The monoisotopic (exact) mass is 184 g/mol. The molecule has 2 N–H and O–H groups in total. The number of aliphatic hydroxyl groups is 1. The summed E-state index contributed by atoms with van der Waals surface area (Å²) in [6.07, 6.45) is 4.68. The number of hydrogen-bond donors (Lipinski definition) is 2. The molecule has 2 aliphatic rings. The van der Waals surface area contributed by atoms with Gasteiger partial charge < -0.3 is 10.2 Å². The van der Waals surface area contributed by atoms with Gasteiger partial charge in [0.05, 0.1) is 5.41 Å². The predicted molar refractivity (Wildman–Crippen MR) is 47.2 cm³/mol. The zero-order valence-corrected chi connectivity index (χ0v) is 7.70.